The topological polar surface area (TPSA) is 122 Å². The molecule has 0 heterocycles. The minimum absolute atomic E-state index is 0.00334. The Morgan fingerprint density at radius 2 is 1.77 bits per heavy atom. The smallest absolute Gasteiger partial charge is 0.326 e. The number of hydrogen-bond donors (Lipinski definition) is 4. The molecule has 0 fully saturated rings. The van der Waals surface area contributed by atoms with Gasteiger partial charge >= 0.3 is 5.97 Å². The van der Waals surface area contributed by atoms with Gasteiger partial charge in [-0.05, 0) is 31.3 Å². The Kier molecular flexibility index (Phi) is 9.84. The Morgan fingerprint density at radius 1 is 1.18 bits per heavy atom. The van der Waals surface area contributed by atoms with Crippen molar-refractivity contribution in [3.8, 4) is 0 Å². The summed E-state index contributed by atoms with van der Waals surface area (Å²) in [6, 6.07) is -2.48. The highest BCUT2D eigenvalue weighted by Crippen LogP contribution is 2.06. The number of carbonyl (C=O) groups is 3. The van der Waals surface area contributed by atoms with E-state index in [2.05, 4.69) is 10.6 Å². The molecule has 5 N–H and O–H groups in total. The second-order valence-electron chi connectivity index (χ2n) is 5.32. The van der Waals surface area contributed by atoms with Gasteiger partial charge in [0.25, 0.3) is 0 Å². The maximum atomic E-state index is 12.0. The predicted octanol–water partition coefficient (Wildman–Crippen LogP) is 0.187. The van der Waals surface area contributed by atoms with E-state index in [0.29, 0.717) is 12.2 Å². The first-order valence-electron chi connectivity index (χ1n) is 7.32. The summed E-state index contributed by atoms with van der Waals surface area (Å²) in [4.78, 5) is 35.0. The highest BCUT2D eigenvalue weighted by atomic mass is 32.2. The van der Waals surface area contributed by atoms with Gasteiger partial charge in [-0.2, -0.15) is 11.8 Å². The van der Waals surface area contributed by atoms with Crippen LogP contribution >= 0.6 is 11.8 Å². The third-order valence-corrected chi connectivity index (χ3v) is 4.18. The second-order valence-corrected chi connectivity index (χ2v) is 6.31. The fourth-order valence-corrected chi connectivity index (χ4v) is 2.15. The zero-order valence-corrected chi connectivity index (χ0v) is 14.4. The molecule has 0 bridgehead atoms. The van der Waals surface area contributed by atoms with Gasteiger partial charge in [0.1, 0.15) is 12.1 Å². The number of amides is 2. The van der Waals surface area contributed by atoms with Crippen LogP contribution in [0.5, 0.6) is 0 Å². The van der Waals surface area contributed by atoms with E-state index >= 15 is 0 Å². The Morgan fingerprint density at radius 3 is 2.23 bits per heavy atom. The highest BCUT2D eigenvalue weighted by Gasteiger charge is 2.26. The lowest BCUT2D eigenvalue weighted by Gasteiger charge is -2.22. The molecule has 4 atom stereocenters. The molecule has 128 valence electrons. The summed E-state index contributed by atoms with van der Waals surface area (Å²) in [5.41, 5.74) is 5.79. The van der Waals surface area contributed by atoms with Crippen LogP contribution in [0.4, 0.5) is 0 Å². The number of thioether (sulfide) groups is 1. The molecule has 0 aliphatic heterocycles. The van der Waals surface area contributed by atoms with Crippen molar-refractivity contribution in [2.75, 3.05) is 12.0 Å². The fraction of sp³-hybridized carbons (Fsp3) is 0.786. The zero-order valence-electron chi connectivity index (χ0n) is 13.6. The van der Waals surface area contributed by atoms with Gasteiger partial charge in [-0.25, -0.2) is 4.79 Å². The maximum absolute atomic E-state index is 12.0. The molecule has 0 spiro atoms. The number of nitrogens with two attached hydrogens (primary N) is 1. The molecule has 4 unspecified atom stereocenters. The first-order valence-corrected chi connectivity index (χ1v) is 8.72. The van der Waals surface area contributed by atoms with Crippen molar-refractivity contribution in [2.45, 2.75) is 51.7 Å². The second kappa shape index (κ2) is 10.4. The van der Waals surface area contributed by atoms with E-state index in [9.17, 15) is 14.4 Å². The molecule has 0 saturated carbocycles. The third kappa shape index (κ3) is 7.13. The lowest BCUT2D eigenvalue weighted by molar-refractivity contribution is -0.142. The summed E-state index contributed by atoms with van der Waals surface area (Å²) in [5, 5.41) is 14.0. The lowest BCUT2D eigenvalue weighted by atomic mass is 9.99. The highest BCUT2D eigenvalue weighted by molar-refractivity contribution is 7.98. The van der Waals surface area contributed by atoms with E-state index in [4.69, 9.17) is 10.8 Å². The summed E-state index contributed by atoms with van der Waals surface area (Å²) < 4.78 is 0. The van der Waals surface area contributed by atoms with Crippen molar-refractivity contribution in [3.63, 3.8) is 0 Å². The standard InChI is InChI=1S/C14H27N3O4S/c1-5-8(2)11(15)13(19)16-9(3)12(18)17-10(14(20)21)6-7-22-4/h8-11H,5-7,15H2,1-4H3,(H,16,19)(H,17,18)(H,20,21). The van der Waals surface area contributed by atoms with E-state index < -0.39 is 35.9 Å². The first kappa shape index (κ1) is 20.7. The van der Waals surface area contributed by atoms with Gasteiger partial charge in [0, 0.05) is 0 Å². The summed E-state index contributed by atoms with van der Waals surface area (Å²) in [6.45, 7) is 5.29. The van der Waals surface area contributed by atoms with Gasteiger partial charge in [0.2, 0.25) is 11.8 Å². The Hall–Kier alpha value is -1.28. The van der Waals surface area contributed by atoms with Gasteiger partial charge in [0.05, 0.1) is 6.04 Å². The Bertz CT molecular complexity index is 392. The van der Waals surface area contributed by atoms with Crippen LogP contribution in [0.3, 0.4) is 0 Å². The van der Waals surface area contributed by atoms with E-state index in [1.165, 1.54) is 18.7 Å². The minimum Gasteiger partial charge on any atom is -0.480 e. The summed E-state index contributed by atoms with van der Waals surface area (Å²) in [6.07, 6.45) is 2.94. The van der Waals surface area contributed by atoms with E-state index in [1.807, 2.05) is 20.1 Å². The van der Waals surface area contributed by atoms with Crippen LogP contribution in [0.25, 0.3) is 0 Å². The molecule has 0 aliphatic carbocycles. The molecule has 8 heteroatoms. The molecule has 0 saturated heterocycles. The molecular formula is C14H27N3O4S. The number of carboxylic acids is 1. The average molecular weight is 333 g/mol. The quantitative estimate of drug-likeness (QED) is 0.453. The number of nitrogens with one attached hydrogen (secondary N) is 2. The molecule has 0 radical (unpaired) electrons. The maximum Gasteiger partial charge on any atom is 0.326 e. The van der Waals surface area contributed by atoms with Gasteiger partial charge < -0.3 is 21.5 Å². The number of aliphatic carboxylic acids is 1. The molecule has 0 aromatic carbocycles. The van der Waals surface area contributed by atoms with Gasteiger partial charge in [-0.3, -0.25) is 9.59 Å². The van der Waals surface area contributed by atoms with Crippen LogP contribution in [-0.2, 0) is 14.4 Å². The van der Waals surface area contributed by atoms with Crippen LogP contribution < -0.4 is 16.4 Å². The van der Waals surface area contributed by atoms with Crippen LogP contribution in [0, 0.1) is 5.92 Å². The van der Waals surface area contributed by atoms with Crippen molar-refractivity contribution >= 4 is 29.5 Å². The molecule has 7 nitrogen and oxygen atoms in total. The predicted molar refractivity (Wildman–Crippen MR) is 87.6 cm³/mol. The van der Waals surface area contributed by atoms with E-state index in [0.717, 1.165) is 6.42 Å². The van der Waals surface area contributed by atoms with Crippen molar-refractivity contribution in [3.05, 3.63) is 0 Å². The monoisotopic (exact) mass is 333 g/mol. The normalized spacial score (nSPS) is 16.2. The molecule has 0 aromatic rings. The summed E-state index contributed by atoms with van der Waals surface area (Å²) in [7, 11) is 0. The van der Waals surface area contributed by atoms with E-state index in [1.54, 1.807) is 0 Å². The van der Waals surface area contributed by atoms with Crippen LogP contribution in [0.1, 0.15) is 33.6 Å². The van der Waals surface area contributed by atoms with E-state index in [-0.39, 0.29) is 5.92 Å². The molecule has 22 heavy (non-hydrogen) atoms. The SMILES string of the molecule is CCC(C)C(N)C(=O)NC(C)C(=O)NC(CCSC)C(=O)O. The first-order chi connectivity index (χ1) is 10.2. The molecule has 0 aromatic heterocycles. The Balaban J connectivity index is 4.52. The van der Waals surface area contributed by atoms with Gasteiger partial charge in [-0.15, -0.1) is 0 Å². The average Bonchev–Trinajstić information content (AvgIpc) is 2.48. The molecular weight excluding hydrogens is 306 g/mol. The van der Waals surface area contributed by atoms with Crippen molar-refractivity contribution in [2.24, 2.45) is 11.7 Å². The van der Waals surface area contributed by atoms with Crippen molar-refractivity contribution < 1.29 is 19.5 Å². The molecule has 0 aliphatic rings. The molecule has 0 rings (SSSR count). The lowest BCUT2D eigenvalue weighted by Crippen LogP contribution is -2.54. The number of carbonyl (C=O) groups excluding carboxylic acids is 2. The fourth-order valence-electron chi connectivity index (χ4n) is 1.68. The molecule has 2 amide bonds. The van der Waals surface area contributed by atoms with Crippen LogP contribution in [0.2, 0.25) is 0 Å². The van der Waals surface area contributed by atoms with Gasteiger partial charge in [-0.1, -0.05) is 20.3 Å². The summed E-state index contributed by atoms with van der Waals surface area (Å²) >= 11 is 1.50. The minimum atomic E-state index is -1.09. The zero-order chi connectivity index (χ0) is 17.3. The van der Waals surface area contributed by atoms with Crippen LogP contribution in [0.15, 0.2) is 0 Å². The van der Waals surface area contributed by atoms with Gasteiger partial charge in [0.15, 0.2) is 0 Å². The largest absolute Gasteiger partial charge is 0.480 e. The summed E-state index contributed by atoms with van der Waals surface area (Å²) in [5.74, 6) is -1.40. The van der Waals surface area contributed by atoms with Crippen molar-refractivity contribution in [1.82, 2.24) is 10.6 Å². The Labute approximate surface area is 135 Å². The third-order valence-electron chi connectivity index (χ3n) is 3.54. The number of hydrogen-bond acceptors (Lipinski definition) is 5. The number of carboxylic acid groups (broad SMARTS) is 1. The number of rotatable bonds is 10. The van der Waals surface area contributed by atoms with Crippen LogP contribution in [-0.4, -0.2) is 53.0 Å². The van der Waals surface area contributed by atoms with Crippen molar-refractivity contribution in [1.29, 1.82) is 0 Å².